The lowest BCUT2D eigenvalue weighted by atomic mass is 10.1. The van der Waals surface area contributed by atoms with Gasteiger partial charge in [-0.3, -0.25) is 0 Å². The summed E-state index contributed by atoms with van der Waals surface area (Å²) in [6.45, 7) is 5.58. The topological polar surface area (TPSA) is 63.6 Å². The first-order chi connectivity index (χ1) is 7.10. The van der Waals surface area contributed by atoms with Crippen molar-refractivity contribution in [3.63, 3.8) is 0 Å². The van der Waals surface area contributed by atoms with E-state index in [9.17, 15) is 9.59 Å². The highest BCUT2D eigenvalue weighted by Crippen LogP contribution is 2.06. The summed E-state index contributed by atoms with van der Waals surface area (Å²) in [4.78, 5) is 21.2. The maximum atomic E-state index is 11.1. The van der Waals surface area contributed by atoms with Gasteiger partial charge in [-0.1, -0.05) is 26.0 Å². The van der Waals surface area contributed by atoms with E-state index >= 15 is 0 Å². The van der Waals surface area contributed by atoms with Crippen LogP contribution in [-0.4, -0.2) is 23.1 Å². The van der Waals surface area contributed by atoms with Crippen molar-refractivity contribution >= 4 is 11.9 Å². The van der Waals surface area contributed by atoms with E-state index in [2.05, 4.69) is 6.58 Å². The van der Waals surface area contributed by atoms with Crippen molar-refractivity contribution in [2.75, 3.05) is 0 Å². The molecule has 0 amide bonds. The summed E-state index contributed by atoms with van der Waals surface area (Å²) in [6, 6.07) is 0. The van der Waals surface area contributed by atoms with Crippen molar-refractivity contribution in [3.8, 4) is 0 Å². The molecule has 1 atom stereocenters. The third-order valence-corrected chi connectivity index (χ3v) is 1.73. The van der Waals surface area contributed by atoms with Gasteiger partial charge < -0.3 is 9.84 Å². The average Bonchev–Trinajstić information content (AvgIpc) is 2.21. The Hall–Kier alpha value is -1.58. The van der Waals surface area contributed by atoms with Crippen molar-refractivity contribution < 1.29 is 19.4 Å². The molecular formula is C11H16O4. The monoisotopic (exact) mass is 212 g/mol. The van der Waals surface area contributed by atoms with Crippen LogP contribution in [0.25, 0.3) is 0 Å². The van der Waals surface area contributed by atoms with Crippen LogP contribution in [0.1, 0.15) is 26.2 Å². The minimum Gasteiger partial charge on any atom is -0.478 e. The maximum absolute atomic E-state index is 11.1. The van der Waals surface area contributed by atoms with Crippen LogP contribution in [0.15, 0.2) is 24.8 Å². The second-order valence-electron chi connectivity index (χ2n) is 3.02. The molecule has 0 heterocycles. The van der Waals surface area contributed by atoms with Crippen LogP contribution in [0.2, 0.25) is 0 Å². The van der Waals surface area contributed by atoms with Gasteiger partial charge in [-0.2, -0.15) is 0 Å². The zero-order chi connectivity index (χ0) is 11.7. The highest BCUT2D eigenvalue weighted by Gasteiger charge is 2.07. The average molecular weight is 212 g/mol. The number of carboxylic acids is 1. The third-order valence-electron chi connectivity index (χ3n) is 1.73. The number of unbranched alkanes of at least 4 members (excludes halogenated alkanes) is 1. The minimum atomic E-state index is -1.17. The van der Waals surface area contributed by atoms with Gasteiger partial charge in [-0.25, -0.2) is 9.59 Å². The van der Waals surface area contributed by atoms with Gasteiger partial charge in [0.2, 0.25) is 0 Å². The smallest absolute Gasteiger partial charge is 0.331 e. The molecule has 0 radical (unpaired) electrons. The van der Waals surface area contributed by atoms with Crippen LogP contribution in [-0.2, 0) is 14.3 Å². The number of hydrogen-bond acceptors (Lipinski definition) is 3. The summed E-state index contributed by atoms with van der Waals surface area (Å²) in [6.07, 6.45) is 5.51. The number of carbonyl (C=O) groups excluding carboxylic acids is 1. The van der Waals surface area contributed by atoms with E-state index in [4.69, 9.17) is 9.84 Å². The van der Waals surface area contributed by atoms with E-state index in [1.807, 2.05) is 6.92 Å². The molecule has 0 aromatic rings. The van der Waals surface area contributed by atoms with Crippen molar-refractivity contribution in [1.82, 2.24) is 0 Å². The largest absolute Gasteiger partial charge is 0.478 e. The van der Waals surface area contributed by atoms with E-state index in [-0.39, 0.29) is 6.10 Å². The predicted octanol–water partition coefficient (Wildman–Crippen LogP) is 1.92. The molecule has 1 unspecified atom stereocenters. The molecule has 4 heteroatoms. The van der Waals surface area contributed by atoms with Gasteiger partial charge in [-0.05, 0) is 12.8 Å². The molecule has 84 valence electrons. The highest BCUT2D eigenvalue weighted by atomic mass is 16.5. The van der Waals surface area contributed by atoms with E-state index in [0.29, 0.717) is 6.42 Å². The zero-order valence-corrected chi connectivity index (χ0v) is 8.81. The number of carbonyl (C=O) groups is 2. The second kappa shape index (κ2) is 7.79. The van der Waals surface area contributed by atoms with E-state index in [1.165, 1.54) is 0 Å². The quantitative estimate of drug-likeness (QED) is 0.398. The number of ether oxygens (including phenoxy) is 1. The summed E-state index contributed by atoms with van der Waals surface area (Å²) >= 11 is 0. The number of esters is 1. The Morgan fingerprint density at radius 3 is 2.60 bits per heavy atom. The molecule has 1 N–H and O–H groups in total. The van der Waals surface area contributed by atoms with Crippen LogP contribution in [0.4, 0.5) is 0 Å². The Morgan fingerprint density at radius 2 is 2.13 bits per heavy atom. The molecule has 0 aromatic heterocycles. The molecule has 0 rings (SSSR count). The molecular weight excluding hydrogens is 196 g/mol. The molecule has 0 aliphatic rings. The summed E-state index contributed by atoms with van der Waals surface area (Å²) in [5, 5.41) is 8.28. The lowest BCUT2D eigenvalue weighted by Gasteiger charge is -2.11. The van der Waals surface area contributed by atoms with E-state index in [0.717, 1.165) is 25.0 Å². The summed E-state index contributed by atoms with van der Waals surface area (Å²) in [7, 11) is 0. The maximum Gasteiger partial charge on any atom is 0.331 e. The first kappa shape index (κ1) is 13.4. The Bertz CT molecular complexity index is 255. The number of rotatable bonds is 7. The normalized spacial score (nSPS) is 12.3. The van der Waals surface area contributed by atoms with Gasteiger partial charge in [-0.15, -0.1) is 0 Å². The van der Waals surface area contributed by atoms with Crippen molar-refractivity contribution in [2.24, 2.45) is 0 Å². The molecule has 0 bridgehead atoms. The number of hydrogen-bond donors (Lipinski definition) is 1. The van der Waals surface area contributed by atoms with Crippen LogP contribution >= 0.6 is 0 Å². The van der Waals surface area contributed by atoms with Crippen LogP contribution in [0.5, 0.6) is 0 Å². The molecule has 0 spiro atoms. The Morgan fingerprint density at radius 1 is 1.47 bits per heavy atom. The van der Waals surface area contributed by atoms with Gasteiger partial charge in [0.15, 0.2) is 0 Å². The zero-order valence-electron chi connectivity index (χ0n) is 8.81. The second-order valence-corrected chi connectivity index (χ2v) is 3.02. The van der Waals surface area contributed by atoms with Gasteiger partial charge >= 0.3 is 11.9 Å². The molecule has 0 aromatic carbocycles. The summed E-state index contributed by atoms with van der Waals surface area (Å²) in [5.41, 5.74) is 0. The lowest BCUT2D eigenvalue weighted by molar-refractivity contribution is -0.141. The fraction of sp³-hybridized carbons (Fsp3) is 0.455. The van der Waals surface area contributed by atoms with Crippen LogP contribution in [0.3, 0.4) is 0 Å². The van der Waals surface area contributed by atoms with Gasteiger partial charge in [0.05, 0.1) is 0 Å². The Balaban J connectivity index is 4.00. The van der Waals surface area contributed by atoms with Crippen LogP contribution < -0.4 is 0 Å². The van der Waals surface area contributed by atoms with Gasteiger partial charge in [0.25, 0.3) is 0 Å². The number of aliphatic carboxylic acids is 1. The summed E-state index contributed by atoms with van der Waals surface area (Å²) < 4.78 is 4.94. The number of carboxylic acid groups (broad SMARTS) is 1. The molecule has 15 heavy (non-hydrogen) atoms. The molecule has 0 aliphatic carbocycles. The Labute approximate surface area is 89.2 Å². The fourth-order valence-corrected chi connectivity index (χ4v) is 0.958. The highest BCUT2D eigenvalue weighted by molar-refractivity contribution is 5.90. The molecule has 0 aliphatic heterocycles. The first-order valence-electron chi connectivity index (χ1n) is 4.84. The predicted molar refractivity (Wildman–Crippen MR) is 56.4 cm³/mol. The van der Waals surface area contributed by atoms with Gasteiger partial charge in [0.1, 0.15) is 6.10 Å². The molecule has 0 saturated heterocycles. The van der Waals surface area contributed by atoms with Crippen molar-refractivity contribution in [3.05, 3.63) is 24.8 Å². The van der Waals surface area contributed by atoms with Gasteiger partial charge in [0, 0.05) is 12.2 Å². The lowest BCUT2D eigenvalue weighted by Crippen LogP contribution is -2.14. The SMILES string of the molecule is C=CC(CCCC)OC(=O)/C=C/C(=O)O. The third kappa shape index (κ3) is 7.49. The fourth-order valence-electron chi connectivity index (χ4n) is 0.958. The molecule has 0 fully saturated rings. The first-order valence-corrected chi connectivity index (χ1v) is 4.84. The van der Waals surface area contributed by atoms with Crippen molar-refractivity contribution in [2.45, 2.75) is 32.3 Å². The minimum absolute atomic E-state index is 0.337. The molecule has 0 saturated carbocycles. The van der Waals surface area contributed by atoms with Crippen molar-refractivity contribution in [1.29, 1.82) is 0 Å². The van der Waals surface area contributed by atoms with E-state index < -0.39 is 11.9 Å². The van der Waals surface area contributed by atoms with E-state index in [1.54, 1.807) is 6.08 Å². The van der Waals surface area contributed by atoms with Crippen LogP contribution in [0, 0.1) is 0 Å². The molecule has 4 nitrogen and oxygen atoms in total. The standard InChI is InChI=1S/C11H16O4/c1-3-5-6-9(4-2)15-11(14)8-7-10(12)13/h4,7-9H,2-3,5-6H2,1H3,(H,12,13)/b8-7+. The summed E-state index contributed by atoms with van der Waals surface area (Å²) in [5.74, 6) is -1.82. The Kier molecular flexibility index (Phi) is 6.97.